The zero-order valence-electron chi connectivity index (χ0n) is 11.8. The quantitative estimate of drug-likeness (QED) is 0.448. The molecule has 0 radical (unpaired) electrons. The Labute approximate surface area is 115 Å². The summed E-state index contributed by atoms with van der Waals surface area (Å²) >= 11 is 0. The van der Waals surface area contributed by atoms with Crippen LogP contribution < -0.4 is 11.3 Å². The van der Waals surface area contributed by atoms with Gasteiger partial charge in [-0.2, -0.15) is 5.10 Å². The van der Waals surface area contributed by atoms with Crippen molar-refractivity contribution >= 4 is 0 Å². The van der Waals surface area contributed by atoms with Gasteiger partial charge in [0.25, 0.3) is 0 Å². The smallest absolute Gasteiger partial charge is 0.138 e. The van der Waals surface area contributed by atoms with Crippen molar-refractivity contribution in [2.24, 2.45) is 5.84 Å². The monoisotopic (exact) mass is 263 g/mol. The van der Waals surface area contributed by atoms with Crippen molar-refractivity contribution in [3.05, 3.63) is 23.8 Å². The maximum atomic E-state index is 5.70. The Bertz CT molecular complexity index is 410. The van der Waals surface area contributed by atoms with Crippen molar-refractivity contribution in [2.75, 3.05) is 0 Å². The van der Waals surface area contributed by atoms with Crippen LogP contribution in [0, 0.1) is 0 Å². The van der Waals surface area contributed by atoms with Crippen LogP contribution in [0.3, 0.4) is 0 Å². The van der Waals surface area contributed by atoms with Crippen LogP contribution in [-0.4, -0.2) is 20.8 Å². The number of aryl methyl sites for hydroxylation is 1. The Kier molecular flexibility index (Phi) is 5.54. The fraction of sp³-hybridized carbons (Fsp3) is 0.714. The number of aromatic nitrogens is 3. The first-order valence-electron chi connectivity index (χ1n) is 7.34. The summed E-state index contributed by atoms with van der Waals surface area (Å²) in [5, 5.41) is 4.26. The van der Waals surface area contributed by atoms with E-state index in [0.29, 0.717) is 0 Å². The molecule has 2 rings (SSSR count). The van der Waals surface area contributed by atoms with Gasteiger partial charge < -0.3 is 0 Å². The molecule has 1 aliphatic carbocycles. The van der Waals surface area contributed by atoms with Gasteiger partial charge in [-0.15, -0.1) is 0 Å². The van der Waals surface area contributed by atoms with E-state index in [1.165, 1.54) is 31.3 Å². The predicted molar refractivity (Wildman–Crippen MR) is 76.3 cm³/mol. The van der Waals surface area contributed by atoms with Crippen LogP contribution in [0.2, 0.25) is 0 Å². The lowest BCUT2D eigenvalue weighted by molar-refractivity contribution is 0.472. The van der Waals surface area contributed by atoms with Crippen LogP contribution in [0.1, 0.15) is 51.3 Å². The minimum atomic E-state index is 0.254. The molecule has 5 heteroatoms. The van der Waals surface area contributed by atoms with E-state index in [4.69, 9.17) is 5.84 Å². The summed E-state index contributed by atoms with van der Waals surface area (Å²) in [5.41, 5.74) is 4.47. The van der Waals surface area contributed by atoms with Gasteiger partial charge in [-0.1, -0.05) is 18.6 Å². The first kappa shape index (κ1) is 14.2. The molecule has 0 spiro atoms. The molecule has 1 aromatic heterocycles. The highest BCUT2D eigenvalue weighted by Crippen LogP contribution is 2.22. The standard InChI is InChI=1S/C14H25N5/c1-2-8-19-14(16-11-17-19)10-13(18-15)9-12-6-4-3-5-7-12/h6,11,13,18H,2-5,7-10,15H2,1H3. The van der Waals surface area contributed by atoms with E-state index in [2.05, 4.69) is 28.5 Å². The molecule has 1 aromatic rings. The van der Waals surface area contributed by atoms with E-state index in [0.717, 1.165) is 31.6 Å². The third-order valence-corrected chi connectivity index (χ3v) is 3.69. The lowest BCUT2D eigenvalue weighted by atomic mass is 9.93. The summed E-state index contributed by atoms with van der Waals surface area (Å²) in [7, 11) is 0. The van der Waals surface area contributed by atoms with Gasteiger partial charge in [0.2, 0.25) is 0 Å². The fourth-order valence-electron chi connectivity index (χ4n) is 2.66. The Morgan fingerprint density at radius 1 is 1.42 bits per heavy atom. The molecule has 0 aliphatic heterocycles. The minimum Gasteiger partial charge on any atom is -0.271 e. The van der Waals surface area contributed by atoms with E-state index in [1.54, 1.807) is 6.33 Å². The van der Waals surface area contributed by atoms with Gasteiger partial charge in [0.05, 0.1) is 0 Å². The average molecular weight is 263 g/mol. The molecule has 0 fully saturated rings. The van der Waals surface area contributed by atoms with Gasteiger partial charge >= 0.3 is 0 Å². The first-order valence-corrected chi connectivity index (χ1v) is 7.34. The van der Waals surface area contributed by atoms with Crippen molar-refractivity contribution in [3.63, 3.8) is 0 Å². The van der Waals surface area contributed by atoms with Crippen LogP contribution in [0.25, 0.3) is 0 Å². The van der Waals surface area contributed by atoms with Crippen LogP contribution in [0.15, 0.2) is 18.0 Å². The van der Waals surface area contributed by atoms with E-state index >= 15 is 0 Å². The SMILES string of the molecule is CCCn1ncnc1CC(CC1=CCCCC1)NN. The van der Waals surface area contributed by atoms with E-state index < -0.39 is 0 Å². The lowest BCUT2D eigenvalue weighted by Crippen LogP contribution is -2.38. The average Bonchev–Trinajstić information content (AvgIpc) is 2.87. The third-order valence-electron chi connectivity index (χ3n) is 3.69. The third kappa shape index (κ3) is 4.14. The molecule has 0 bridgehead atoms. The van der Waals surface area contributed by atoms with Crippen molar-refractivity contribution in [3.8, 4) is 0 Å². The molecule has 19 heavy (non-hydrogen) atoms. The maximum Gasteiger partial charge on any atom is 0.138 e. The Morgan fingerprint density at radius 2 is 2.32 bits per heavy atom. The number of allylic oxidation sites excluding steroid dienone is 1. The van der Waals surface area contributed by atoms with Crippen LogP contribution >= 0.6 is 0 Å². The number of hydrogen-bond donors (Lipinski definition) is 2. The number of nitrogens with one attached hydrogen (secondary N) is 1. The van der Waals surface area contributed by atoms with E-state index in [-0.39, 0.29) is 6.04 Å². The number of hydrogen-bond acceptors (Lipinski definition) is 4. The molecule has 106 valence electrons. The summed E-state index contributed by atoms with van der Waals surface area (Å²) in [6, 6.07) is 0.254. The van der Waals surface area contributed by atoms with Crippen LogP contribution in [0.4, 0.5) is 0 Å². The van der Waals surface area contributed by atoms with Crippen molar-refractivity contribution in [2.45, 2.75) is 64.5 Å². The van der Waals surface area contributed by atoms with Gasteiger partial charge in [-0.3, -0.25) is 16.0 Å². The summed E-state index contributed by atoms with van der Waals surface area (Å²) in [6.07, 6.45) is 12.0. The number of hydrazine groups is 1. The topological polar surface area (TPSA) is 68.8 Å². The van der Waals surface area contributed by atoms with Crippen molar-refractivity contribution in [1.82, 2.24) is 20.2 Å². The van der Waals surface area contributed by atoms with Gasteiger partial charge in [-0.25, -0.2) is 4.98 Å². The molecule has 0 amide bonds. The fourth-order valence-corrected chi connectivity index (χ4v) is 2.66. The second-order valence-electron chi connectivity index (χ2n) is 5.28. The molecule has 0 saturated carbocycles. The Morgan fingerprint density at radius 3 is 3.00 bits per heavy atom. The first-order chi connectivity index (χ1) is 9.33. The second kappa shape index (κ2) is 7.40. The highest BCUT2D eigenvalue weighted by molar-refractivity contribution is 5.08. The van der Waals surface area contributed by atoms with Gasteiger partial charge in [0.1, 0.15) is 12.2 Å². The zero-order chi connectivity index (χ0) is 13.5. The lowest BCUT2D eigenvalue weighted by Gasteiger charge is -2.20. The van der Waals surface area contributed by atoms with Gasteiger partial charge in [-0.05, 0) is 38.5 Å². The maximum absolute atomic E-state index is 5.70. The highest BCUT2D eigenvalue weighted by atomic mass is 15.3. The number of nitrogens with two attached hydrogens (primary N) is 1. The Hall–Kier alpha value is -1.20. The number of nitrogens with zero attached hydrogens (tertiary/aromatic N) is 3. The molecular weight excluding hydrogens is 238 g/mol. The predicted octanol–water partition coefficient (Wildman–Crippen LogP) is 1.95. The minimum absolute atomic E-state index is 0.254. The zero-order valence-corrected chi connectivity index (χ0v) is 11.8. The van der Waals surface area contributed by atoms with Crippen molar-refractivity contribution < 1.29 is 0 Å². The van der Waals surface area contributed by atoms with Crippen LogP contribution in [-0.2, 0) is 13.0 Å². The molecule has 0 aromatic carbocycles. The molecule has 5 nitrogen and oxygen atoms in total. The van der Waals surface area contributed by atoms with Crippen molar-refractivity contribution in [1.29, 1.82) is 0 Å². The molecule has 1 aliphatic rings. The highest BCUT2D eigenvalue weighted by Gasteiger charge is 2.15. The summed E-state index contributed by atoms with van der Waals surface area (Å²) in [4.78, 5) is 4.35. The van der Waals surface area contributed by atoms with Crippen LogP contribution in [0.5, 0.6) is 0 Å². The number of rotatable bonds is 7. The molecule has 0 saturated heterocycles. The summed E-state index contributed by atoms with van der Waals surface area (Å²) in [5.74, 6) is 6.72. The molecule has 1 unspecified atom stereocenters. The summed E-state index contributed by atoms with van der Waals surface area (Å²) < 4.78 is 1.99. The Balaban J connectivity index is 1.94. The summed E-state index contributed by atoms with van der Waals surface area (Å²) in [6.45, 7) is 3.08. The van der Waals surface area contributed by atoms with Gasteiger partial charge in [0.15, 0.2) is 0 Å². The normalized spacial score (nSPS) is 17.3. The molecule has 1 heterocycles. The second-order valence-corrected chi connectivity index (χ2v) is 5.28. The van der Waals surface area contributed by atoms with E-state index in [9.17, 15) is 0 Å². The van der Waals surface area contributed by atoms with E-state index in [1.807, 2.05) is 4.68 Å². The molecular formula is C14H25N5. The largest absolute Gasteiger partial charge is 0.271 e. The van der Waals surface area contributed by atoms with Gasteiger partial charge in [0, 0.05) is 19.0 Å². The molecule has 3 N–H and O–H groups in total. The molecule has 1 atom stereocenters.